The highest BCUT2D eigenvalue weighted by Crippen LogP contribution is 2.43. The first-order valence-electron chi connectivity index (χ1n) is 10.1. The second-order valence-corrected chi connectivity index (χ2v) is 8.53. The van der Waals surface area contributed by atoms with Crippen molar-refractivity contribution in [1.82, 2.24) is 10.3 Å². The summed E-state index contributed by atoms with van der Waals surface area (Å²) in [6.07, 6.45) is 0. The van der Waals surface area contributed by atoms with Crippen molar-refractivity contribution < 1.29 is 19.1 Å². The first-order chi connectivity index (χ1) is 16.4. The highest BCUT2D eigenvalue weighted by atomic mass is 32.1. The lowest BCUT2D eigenvalue weighted by molar-refractivity contribution is -0.672. The van der Waals surface area contributed by atoms with E-state index in [0.29, 0.717) is 27.0 Å². The molecule has 0 fully saturated rings. The number of nitriles is 1. The lowest BCUT2D eigenvalue weighted by Crippen LogP contribution is -2.39. The summed E-state index contributed by atoms with van der Waals surface area (Å²) in [4.78, 5) is 18.3. The van der Waals surface area contributed by atoms with E-state index >= 15 is 0 Å². The van der Waals surface area contributed by atoms with E-state index in [-0.39, 0.29) is 27.6 Å². The molecule has 0 aliphatic heterocycles. The minimum atomic E-state index is -0.894. The monoisotopic (exact) mass is 468 g/mol. The van der Waals surface area contributed by atoms with Crippen LogP contribution in [0.25, 0.3) is 27.0 Å². The SMILES string of the molecule is Cc1ccc(-c2c(C#N)c(N)nc3sc(C(=O)c4c([O-])on[n+]4-c4ccccc4)c(N)c23)cc1. The summed E-state index contributed by atoms with van der Waals surface area (Å²) in [6, 6.07) is 18.2. The van der Waals surface area contributed by atoms with E-state index in [0.717, 1.165) is 21.6 Å². The zero-order valence-electron chi connectivity index (χ0n) is 17.8. The van der Waals surface area contributed by atoms with Gasteiger partial charge in [-0.15, -0.1) is 11.3 Å². The van der Waals surface area contributed by atoms with Gasteiger partial charge >= 0.3 is 5.69 Å². The number of nitrogens with zero attached hydrogens (tertiary/aromatic N) is 4. The molecule has 166 valence electrons. The molecule has 0 amide bonds. The molecule has 5 aromatic rings. The molecular weight excluding hydrogens is 452 g/mol. The molecule has 10 heteroatoms. The van der Waals surface area contributed by atoms with Crippen molar-refractivity contribution in [3.05, 3.63) is 76.3 Å². The van der Waals surface area contributed by atoms with E-state index < -0.39 is 11.7 Å². The number of pyridine rings is 1. The van der Waals surface area contributed by atoms with E-state index in [1.807, 2.05) is 31.2 Å². The number of rotatable bonds is 4. The Hall–Kier alpha value is -4.75. The second kappa shape index (κ2) is 7.99. The number of aromatic nitrogens is 3. The maximum Gasteiger partial charge on any atom is 0.312 e. The maximum atomic E-state index is 13.5. The lowest BCUT2D eigenvalue weighted by Gasteiger charge is -2.10. The summed E-state index contributed by atoms with van der Waals surface area (Å²) >= 11 is 0.991. The number of anilines is 2. The zero-order chi connectivity index (χ0) is 24.0. The molecule has 3 heterocycles. The Morgan fingerprint density at radius 3 is 2.53 bits per heavy atom. The summed E-state index contributed by atoms with van der Waals surface area (Å²) in [5.41, 5.74) is 15.2. The van der Waals surface area contributed by atoms with Gasteiger partial charge in [-0.25, -0.2) is 4.98 Å². The number of carbonyl (C=O) groups is 1. The number of hydrogen-bond acceptors (Lipinski definition) is 9. The van der Waals surface area contributed by atoms with Gasteiger partial charge in [0, 0.05) is 23.1 Å². The molecule has 0 aliphatic rings. The van der Waals surface area contributed by atoms with Gasteiger partial charge in [-0.2, -0.15) is 5.26 Å². The van der Waals surface area contributed by atoms with Crippen molar-refractivity contribution in [3.8, 4) is 28.8 Å². The van der Waals surface area contributed by atoms with Gasteiger partial charge in [-0.05, 0) is 17.2 Å². The Labute approximate surface area is 197 Å². The number of fused-ring (bicyclic) bond motifs is 1. The fraction of sp³-hybridized carbons (Fsp3) is 0.0417. The first-order valence-corrected chi connectivity index (χ1v) is 10.9. The van der Waals surface area contributed by atoms with Gasteiger partial charge in [0.25, 0.3) is 5.78 Å². The van der Waals surface area contributed by atoms with Crippen molar-refractivity contribution >= 4 is 38.8 Å². The molecular formula is C24H16N6O3S. The Bertz CT molecular complexity index is 1620. The number of carbonyl (C=O) groups excluding carboxylic acids is 1. The fourth-order valence-corrected chi connectivity index (χ4v) is 4.80. The third kappa shape index (κ3) is 3.23. The first kappa shape index (κ1) is 21.1. The Kier molecular flexibility index (Phi) is 4.96. The van der Waals surface area contributed by atoms with E-state index in [2.05, 4.69) is 16.3 Å². The van der Waals surface area contributed by atoms with Gasteiger partial charge < -0.3 is 21.1 Å². The van der Waals surface area contributed by atoms with Crippen molar-refractivity contribution in [2.45, 2.75) is 6.92 Å². The van der Waals surface area contributed by atoms with E-state index in [9.17, 15) is 15.2 Å². The number of para-hydroxylation sites is 1. The van der Waals surface area contributed by atoms with Crippen molar-refractivity contribution in [3.63, 3.8) is 0 Å². The molecule has 5 rings (SSSR count). The van der Waals surface area contributed by atoms with Gasteiger partial charge in [-0.3, -0.25) is 4.79 Å². The molecule has 3 aromatic heterocycles. The minimum absolute atomic E-state index is 0.0275. The quantitative estimate of drug-likeness (QED) is 0.301. The Morgan fingerprint density at radius 1 is 1.15 bits per heavy atom. The number of benzene rings is 2. The number of aryl methyl sites for hydroxylation is 1. The van der Waals surface area contributed by atoms with Crippen LogP contribution >= 0.6 is 11.3 Å². The van der Waals surface area contributed by atoms with Crippen molar-refractivity contribution in [2.75, 3.05) is 11.5 Å². The van der Waals surface area contributed by atoms with Crippen LogP contribution in [0.1, 0.15) is 26.5 Å². The Balaban J connectivity index is 1.75. The van der Waals surface area contributed by atoms with Crippen LogP contribution in [-0.2, 0) is 0 Å². The van der Waals surface area contributed by atoms with Gasteiger partial charge in [0.05, 0.1) is 11.0 Å². The predicted octanol–water partition coefficient (Wildman–Crippen LogP) is 2.88. The lowest BCUT2D eigenvalue weighted by atomic mass is 9.96. The Morgan fingerprint density at radius 2 is 1.85 bits per heavy atom. The van der Waals surface area contributed by atoms with Crippen LogP contribution in [0.2, 0.25) is 0 Å². The number of nitrogen functional groups attached to an aromatic ring is 2. The molecule has 0 radical (unpaired) electrons. The highest BCUT2D eigenvalue weighted by molar-refractivity contribution is 7.21. The zero-order valence-corrected chi connectivity index (χ0v) is 18.6. The summed E-state index contributed by atoms with van der Waals surface area (Å²) in [7, 11) is 0. The molecule has 0 unspecified atom stereocenters. The van der Waals surface area contributed by atoms with Gasteiger partial charge in [-0.1, -0.05) is 48.0 Å². The molecule has 0 atom stereocenters. The molecule has 4 N–H and O–H groups in total. The normalized spacial score (nSPS) is 10.9. The number of nitrogens with two attached hydrogens (primary N) is 2. The van der Waals surface area contributed by atoms with Crippen LogP contribution in [0.15, 0.2) is 59.1 Å². The minimum Gasteiger partial charge on any atom is -0.539 e. The smallest absolute Gasteiger partial charge is 0.312 e. The van der Waals surface area contributed by atoms with Gasteiger partial charge in [0.2, 0.25) is 5.69 Å². The largest absolute Gasteiger partial charge is 0.539 e. The summed E-state index contributed by atoms with van der Waals surface area (Å²) in [6.45, 7) is 1.95. The summed E-state index contributed by atoms with van der Waals surface area (Å²) < 4.78 is 5.92. The summed E-state index contributed by atoms with van der Waals surface area (Å²) in [5, 5.41) is 26.4. The maximum absolute atomic E-state index is 13.5. The predicted molar refractivity (Wildman–Crippen MR) is 124 cm³/mol. The van der Waals surface area contributed by atoms with Crippen LogP contribution < -0.4 is 21.3 Å². The fourth-order valence-electron chi connectivity index (χ4n) is 3.75. The number of thiophene rings is 1. The van der Waals surface area contributed by atoms with E-state index in [4.69, 9.17) is 16.0 Å². The second-order valence-electron chi connectivity index (χ2n) is 7.54. The molecule has 34 heavy (non-hydrogen) atoms. The molecule has 2 aromatic carbocycles. The van der Waals surface area contributed by atoms with E-state index in [1.54, 1.807) is 30.3 Å². The molecule has 0 aliphatic carbocycles. The van der Waals surface area contributed by atoms with Crippen molar-refractivity contribution in [1.29, 1.82) is 5.26 Å². The third-order valence-corrected chi connectivity index (χ3v) is 6.49. The molecule has 9 nitrogen and oxygen atoms in total. The van der Waals surface area contributed by atoms with Crippen LogP contribution in [-0.4, -0.2) is 16.0 Å². The van der Waals surface area contributed by atoms with Crippen molar-refractivity contribution in [2.24, 2.45) is 0 Å². The molecule has 0 spiro atoms. The molecule has 0 bridgehead atoms. The van der Waals surface area contributed by atoms with Crippen LogP contribution in [0.4, 0.5) is 11.5 Å². The standard InChI is InChI=1S/C24H16N6O3S/c1-12-7-9-13(10-8-12)16-15(11-25)22(27)28-23-17(16)18(26)21(34-23)20(31)19-24(32)33-29-30(19)14-5-3-2-4-6-14/h2-10H,1H3,(H4-,26,27,28,29,31,32). The van der Waals surface area contributed by atoms with Crippen LogP contribution in [0, 0.1) is 18.3 Å². The van der Waals surface area contributed by atoms with Gasteiger partial charge in [0.1, 0.15) is 27.2 Å². The van der Waals surface area contributed by atoms with E-state index in [1.165, 1.54) is 0 Å². The van der Waals surface area contributed by atoms with Crippen LogP contribution in [0.5, 0.6) is 5.95 Å². The molecule has 0 saturated carbocycles. The third-order valence-electron chi connectivity index (χ3n) is 5.39. The number of hydrogen-bond donors (Lipinski definition) is 2. The average molecular weight is 468 g/mol. The number of ketones is 1. The average Bonchev–Trinajstić information content (AvgIpc) is 3.38. The molecule has 0 saturated heterocycles. The topological polar surface area (TPSA) is 159 Å². The highest BCUT2D eigenvalue weighted by Gasteiger charge is 2.33. The van der Waals surface area contributed by atoms with Crippen LogP contribution in [0.3, 0.4) is 0 Å². The van der Waals surface area contributed by atoms with Gasteiger partial charge in [0.15, 0.2) is 5.95 Å². The summed E-state index contributed by atoms with van der Waals surface area (Å²) in [5.74, 6) is -1.53.